The molecule has 5 heteroatoms. The topological polar surface area (TPSA) is 55.2 Å². The number of quaternary nitrogens is 1. The van der Waals surface area contributed by atoms with Gasteiger partial charge >= 0.3 is 0 Å². The molecule has 0 aliphatic heterocycles. The molecule has 1 unspecified atom stereocenters. The van der Waals surface area contributed by atoms with Crippen LogP contribution in [-0.4, -0.2) is 0 Å². The van der Waals surface area contributed by atoms with Crippen molar-refractivity contribution in [2.45, 2.75) is 13.3 Å². The van der Waals surface area contributed by atoms with Crippen LogP contribution in [0.3, 0.4) is 0 Å². The van der Waals surface area contributed by atoms with Gasteiger partial charge in [0, 0.05) is 24.3 Å². The van der Waals surface area contributed by atoms with Gasteiger partial charge in [0.2, 0.25) is 0 Å². The van der Waals surface area contributed by atoms with Gasteiger partial charge in [0.1, 0.15) is 45.9 Å². The molecule has 5 rings (SSSR count). The predicted molar refractivity (Wildman–Crippen MR) is 146 cm³/mol. The summed E-state index contributed by atoms with van der Waals surface area (Å²) in [4.78, 5) is 0. The Morgan fingerprint density at radius 3 is 1.43 bits per heavy atom. The first kappa shape index (κ1) is 24.1. The smallest absolute Gasteiger partial charge is 0.136 e. The van der Waals surface area contributed by atoms with Crippen molar-refractivity contribution < 1.29 is 19.3 Å². The zero-order valence-corrected chi connectivity index (χ0v) is 20.5. The Morgan fingerprint density at radius 2 is 1.00 bits per heavy atom. The van der Waals surface area contributed by atoms with Crippen molar-refractivity contribution in [3.8, 4) is 28.7 Å². The first-order valence-corrected chi connectivity index (χ1v) is 12.0. The highest BCUT2D eigenvalue weighted by molar-refractivity contribution is 5.45. The average molecular weight is 490 g/mol. The lowest BCUT2D eigenvalue weighted by Crippen LogP contribution is -2.96. The summed E-state index contributed by atoms with van der Waals surface area (Å²) in [6.45, 7) is 5.96. The van der Waals surface area contributed by atoms with Crippen molar-refractivity contribution in [3.05, 3.63) is 144 Å². The van der Waals surface area contributed by atoms with E-state index in [-0.39, 0.29) is 5.06 Å². The van der Waals surface area contributed by atoms with E-state index in [1.54, 1.807) is 48.5 Å². The lowest BCUT2D eigenvalue weighted by molar-refractivity contribution is -0.698. The van der Waals surface area contributed by atoms with E-state index in [0.29, 0.717) is 28.6 Å². The van der Waals surface area contributed by atoms with Crippen molar-refractivity contribution in [2.24, 2.45) is 0 Å². The Bertz CT molecular complexity index is 1420. The third kappa shape index (κ3) is 6.35. The molecule has 1 N–H and O–H groups in total. The maximum atomic E-state index is 12.9. The number of benzene rings is 4. The molecular weight excluding hydrogens is 462 g/mol. The largest absolute Gasteiger partial charge is 0.623 e. The molecule has 4 aromatic carbocycles. The molecule has 0 saturated heterocycles. The summed E-state index contributed by atoms with van der Waals surface area (Å²) in [5.74, 6) is 4.29. The maximum absolute atomic E-state index is 12.9. The lowest BCUT2D eigenvalue weighted by Gasteiger charge is -2.21. The van der Waals surface area contributed by atoms with Crippen molar-refractivity contribution in [2.75, 3.05) is 0 Å². The third-order valence-electron chi connectivity index (χ3n) is 5.83. The molecule has 5 nitrogen and oxygen atoms in total. The summed E-state index contributed by atoms with van der Waals surface area (Å²) in [6.07, 6.45) is 6.66. The van der Waals surface area contributed by atoms with Crippen LogP contribution < -0.4 is 19.3 Å². The summed E-state index contributed by atoms with van der Waals surface area (Å²) in [5.41, 5.74) is 3.41. The number of ether oxygens (including phenoxy) is 3. The number of aryl methyl sites for hydroxylation is 1. The van der Waals surface area contributed by atoms with Crippen LogP contribution in [0.25, 0.3) is 0 Å². The van der Waals surface area contributed by atoms with Crippen molar-refractivity contribution in [1.82, 2.24) is 0 Å². The van der Waals surface area contributed by atoms with E-state index in [4.69, 9.17) is 14.2 Å². The Hall–Kier alpha value is -4.58. The minimum absolute atomic E-state index is 0.0652. The summed E-state index contributed by atoms with van der Waals surface area (Å²) in [5, 5.41) is 12.9. The molecule has 0 aromatic heterocycles. The van der Waals surface area contributed by atoms with Gasteiger partial charge in [-0.05, 0) is 86.2 Å². The van der Waals surface area contributed by atoms with Gasteiger partial charge in [0.05, 0.1) is 0 Å². The molecule has 0 bridgehead atoms. The normalized spacial score (nSPS) is 13.6. The highest BCUT2D eigenvalue weighted by atomic mass is 16.5. The van der Waals surface area contributed by atoms with Gasteiger partial charge in [0.25, 0.3) is 0 Å². The lowest BCUT2D eigenvalue weighted by atomic mass is 10.1. The van der Waals surface area contributed by atoms with Crippen LogP contribution in [0.4, 0.5) is 11.4 Å². The molecule has 1 aliphatic carbocycles. The van der Waals surface area contributed by atoms with E-state index in [0.717, 1.165) is 29.3 Å². The maximum Gasteiger partial charge on any atom is 0.136 e. The summed E-state index contributed by atoms with van der Waals surface area (Å²) in [7, 11) is 0. The quantitative estimate of drug-likeness (QED) is 0.258. The second kappa shape index (κ2) is 11.0. The number of hydrogen-bond acceptors (Lipinski definition) is 4. The van der Waals surface area contributed by atoms with Crippen LogP contribution >= 0.6 is 0 Å². The standard InChI is InChI=1S/C32H27NO4/c1-23-3-11-27(12-4-23)35-29-15-7-25(8-16-29)33(34)26-9-17-30(18-10-26)37-32-21-19-31(20-22-32)36-28-13-5-24(2)6-14-28/h3-5,7-22,33H,2,6H2,1H3. The van der Waals surface area contributed by atoms with Gasteiger partial charge in [-0.25, -0.2) is 0 Å². The van der Waals surface area contributed by atoms with Crippen molar-refractivity contribution in [3.63, 3.8) is 0 Å². The average Bonchev–Trinajstić information content (AvgIpc) is 2.93. The Kier molecular flexibility index (Phi) is 7.17. The van der Waals surface area contributed by atoms with Crippen LogP contribution in [0.2, 0.25) is 0 Å². The second-order valence-electron chi connectivity index (χ2n) is 8.77. The van der Waals surface area contributed by atoms with E-state index in [1.165, 1.54) is 5.56 Å². The van der Waals surface area contributed by atoms with E-state index in [1.807, 2.05) is 73.7 Å². The Morgan fingerprint density at radius 1 is 0.595 bits per heavy atom. The fourth-order valence-corrected chi connectivity index (χ4v) is 3.75. The van der Waals surface area contributed by atoms with E-state index in [9.17, 15) is 5.21 Å². The first-order valence-electron chi connectivity index (χ1n) is 12.0. The number of allylic oxidation sites excluding steroid dienone is 4. The van der Waals surface area contributed by atoms with E-state index >= 15 is 0 Å². The molecule has 184 valence electrons. The zero-order chi connectivity index (χ0) is 25.6. The summed E-state index contributed by atoms with van der Waals surface area (Å²) >= 11 is 0. The molecule has 4 aromatic rings. The van der Waals surface area contributed by atoms with Gasteiger partial charge < -0.3 is 24.5 Å². The minimum Gasteiger partial charge on any atom is -0.623 e. The van der Waals surface area contributed by atoms with Gasteiger partial charge in [-0.1, -0.05) is 35.9 Å². The molecule has 1 aliphatic rings. The third-order valence-corrected chi connectivity index (χ3v) is 5.83. The van der Waals surface area contributed by atoms with E-state index in [2.05, 4.69) is 6.58 Å². The molecule has 0 saturated carbocycles. The summed E-state index contributed by atoms with van der Waals surface area (Å²) < 4.78 is 17.7. The SMILES string of the molecule is C=C1C=CC(Oc2ccc(Oc3ccc([NH+]([O-])c4ccc(Oc5ccc(C)cc5)cc4)cc3)cc2)=CC1. The monoisotopic (exact) mass is 489 g/mol. The molecule has 0 spiro atoms. The van der Waals surface area contributed by atoms with E-state index < -0.39 is 0 Å². The first-order chi connectivity index (χ1) is 18.0. The van der Waals surface area contributed by atoms with Crippen LogP contribution in [-0.2, 0) is 0 Å². The minimum atomic E-state index is -0.0652. The highest BCUT2D eigenvalue weighted by Crippen LogP contribution is 2.27. The second-order valence-corrected chi connectivity index (χ2v) is 8.77. The van der Waals surface area contributed by atoms with Gasteiger partial charge in [-0.15, -0.1) is 0 Å². The van der Waals surface area contributed by atoms with Crippen LogP contribution in [0, 0.1) is 12.1 Å². The van der Waals surface area contributed by atoms with Crippen LogP contribution in [0.5, 0.6) is 28.7 Å². The molecule has 0 amide bonds. The molecule has 37 heavy (non-hydrogen) atoms. The Balaban J connectivity index is 1.17. The molecular formula is C32H27NO4. The predicted octanol–water partition coefficient (Wildman–Crippen LogP) is 7.70. The number of rotatable bonds is 8. The van der Waals surface area contributed by atoms with Gasteiger partial charge in [0.15, 0.2) is 0 Å². The molecule has 0 fully saturated rings. The molecule has 0 heterocycles. The van der Waals surface area contributed by atoms with Crippen molar-refractivity contribution in [1.29, 1.82) is 0 Å². The fraction of sp³-hybridized carbons (Fsp3) is 0.0625. The highest BCUT2D eigenvalue weighted by Gasteiger charge is 2.09. The van der Waals surface area contributed by atoms with Crippen LogP contribution in [0.15, 0.2) is 133 Å². The molecule has 0 radical (unpaired) electrons. The zero-order valence-electron chi connectivity index (χ0n) is 20.5. The number of nitrogens with one attached hydrogen (secondary N) is 1. The summed E-state index contributed by atoms with van der Waals surface area (Å²) in [6, 6.07) is 29.5. The fourth-order valence-electron chi connectivity index (χ4n) is 3.75. The van der Waals surface area contributed by atoms with Gasteiger partial charge in [-0.2, -0.15) is 0 Å². The van der Waals surface area contributed by atoms with Crippen LogP contribution in [0.1, 0.15) is 12.0 Å². The Labute approximate surface area is 216 Å². The van der Waals surface area contributed by atoms with Crippen molar-refractivity contribution >= 4 is 11.4 Å². The van der Waals surface area contributed by atoms with Gasteiger partial charge in [-0.3, -0.25) is 0 Å². The number of hydrogen-bond donors (Lipinski definition) is 1. The molecule has 1 atom stereocenters.